The van der Waals surface area contributed by atoms with Gasteiger partial charge in [0.25, 0.3) is 0 Å². The lowest BCUT2D eigenvalue weighted by Crippen LogP contribution is -2.34. The summed E-state index contributed by atoms with van der Waals surface area (Å²) in [5.74, 6) is 0. The van der Waals surface area contributed by atoms with E-state index in [9.17, 15) is 9.90 Å². The van der Waals surface area contributed by atoms with E-state index in [1.807, 2.05) is 26.0 Å². The lowest BCUT2D eigenvalue weighted by Gasteiger charge is -2.28. The Hall–Kier alpha value is -2.53. The van der Waals surface area contributed by atoms with Crippen LogP contribution in [0, 0.1) is 20.8 Å². The minimum absolute atomic E-state index is 0.423. The minimum atomic E-state index is -0.870. The van der Waals surface area contributed by atoms with Crippen LogP contribution < -0.4 is 0 Å². The van der Waals surface area contributed by atoms with Gasteiger partial charge >= 0.3 is 6.09 Å². The molecule has 0 radical (unpaired) electrons. The Morgan fingerprint density at radius 3 is 2.81 bits per heavy atom. The van der Waals surface area contributed by atoms with Gasteiger partial charge in [-0.2, -0.15) is 0 Å². The zero-order chi connectivity index (χ0) is 18.6. The van der Waals surface area contributed by atoms with Gasteiger partial charge in [-0.05, 0) is 49.4 Å². The van der Waals surface area contributed by atoms with Crippen LogP contribution in [-0.2, 0) is 13.0 Å². The highest BCUT2D eigenvalue weighted by Gasteiger charge is 2.25. The first-order chi connectivity index (χ1) is 12.4. The molecular formula is C20H20ClN3O2. The van der Waals surface area contributed by atoms with Crippen molar-refractivity contribution in [2.75, 3.05) is 6.54 Å². The Balaban J connectivity index is 1.98. The number of hydrogen-bond acceptors (Lipinski definition) is 2. The molecule has 1 amide bonds. The summed E-state index contributed by atoms with van der Waals surface area (Å²) >= 11 is 6.39. The zero-order valence-corrected chi connectivity index (χ0v) is 15.7. The molecule has 2 aromatic heterocycles. The smallest absolute Gasteiger partial charge is 0.407 e. The number of carbonyl (C=O) groups is 1. The number of benzene rings is 1. The lowest BCUT2D eigenvalue weighted by atomic mass is 9.88. The fourth-order valence-electron chi connectivity index (χ4n) is 3.96. The predicted octanol–water partition coefficient (Wildman–Crippen LogP) is 4.84. The molecule has 3 aromatic rings. The van der Waals surface area contributed by atoms with Gasteiger partial charge in [0.2, 0.25) is 0 Å². The van der Waals surface area contributed by atoms with Crippen LogP contribution in [0.25, 0.3) is 22.0 Å². The van der Waals surface area contributed by atoms with Crippen molar-refractivity contribution in [3.63, 3.8) is 0 Å². The molecule has 2 N–H and O–H groups in total. The molecule has 4 rings (SSSR count). The lowest BCUT2D eigenvalue weighted by molar-refractivity contribution is 0.140. The second-order valence-electron chi connectivity index (χ2n) is 6.89. The van der Waals surface area contributed by atoms with Gasteiger partial charge in [-0.3, -0.25) is 0 Å². The van der Waals surface area contributed by atoms with E-state index in [1.54, 1.807) is 0 Å². The average Bonchev–Trinajstić information content (AvgIpc) is 2.90. The Bertz CT molecular complexity index is 1060. The Morgan fingerprint density at radius 2 is 2.08 bits per heavy atom. The largest absolute Gasteiger partial charge is 0.465 e. The Kier molecular flexibility index (Phi) is 3.92. The highest BCUT2D eigenvalue weighted by atomic mass is 35.5. The number of halogens is 1. The third-order valence-corrected chi connectivity index (χ3v) is 5.66. The average molecular weight is 370 g/mol. The standard InChI is InChI=1S/C20H20ClN3O2/c1-10-11(2)22-18-16(10)17(12(3)23-19(18)21)15-6-4-5-13-9-24(20(25)26)8-7-14(13)15/h4-6,22H,7-9H2,1-3H3,(H,25,26). The normalized spacial score (nSPS) is 13.9. The number of aromatic amines is 1. The Morgan fingerprint density at radius 1 is 1.31 bits per heavy atom. The van der Waals surface area contributed by atoms with Crippen LogP contribution in [0.1, 0.15) is 28.1 Å². The van der Waals surface area contributed by atoms with E-state index in [2.05, 4.69) is 23.0 Å². The van der Waals surface area contributed by atoms with Crippen LogP contribution in [0.3, 0.4) is 0 Å². The van der Waals surface area contributed by atoms with E-state index in [0.29, 0.717) is 24.7 Å². The molecule has 0 aliphatic carbocycles. The van der Waals surface area contributed by atoms with Gasteiger partial charge < -0.3 is 15.0 Å². The van der Waals surface area contributed by atoms with Crippen LogP contribution in [-0.4, -0.2) is 32.6 Å². The third-order valence-electron chi connectivity index (χ3n) is 5.39. The van der Waals surface area contributed by atoms with Gasteiger partial charge in [0.15, 0.2) is 5.15 Å². The fourth-order valence-corrected chi connectivity index (χ4v) is 4.23. The van der Waals surface area contributed by atoms with Gasteiger partial charge in [0, 0.05) is 35.4 Å². The van der Waals surface area contributed by atoms with Gasteiger partial charge in [0.05, 0.1) is 5.52 Å². The van der Waals surface area contributed by atoms with Crippen molar-refractivity contribution in [3.05, 3.63) is 51.4 Å². The number of nitrogens with one attached hydrogen (secondary N) is 1. The number of pyridine rings is 1. The second kappa shape index (κ2) is 6.02. The molecule has 0 fully saturated rings. The van der Waals surface area contributed by atoms with Gasteiger partial charge in [-0.25, -0.2) is 9.78 Å². The van der Waals surface area contributed by atoms with E-state index in [-0.39, 0.29) is 0 Å². The molecule has 5 nitrogen and oxygen atoms in total. The molecule has 1 aromatic carbocycles. The Labute approximate surface area is 156 Å². The number of hydrogen-bond donors (Lipinski definition) is 2. The van der Waals surface area contributed by atoms with Crippen LogP contribution in [0.4, 0.5) is 4.79 Å². The fraction of sp³-hybridized carbons (Fsp3) is 0.300. The molecule has 0 spiro atoms. The molecule has 0 bridgehead atoms. The summed E-state index contributed by atoms with van der Waals surface area (Å²) in [6.07, 6.45) is -0.172. The first kappa shape index (κ1) is 16.9. The van der Waals surface area contributed by atoms with E-state index >= 15 is 0 Å². The zero-order valence-electron chi connectivity index (χ0n) is 15.0. The number of nitrogens with zero attached hydrogens (tertiary/aromatic N) is 2. The molecule has 1 aliphatic heterocycles. The summed E-state index contributed by atoms with van der Waals surface area (Å²) in [5.41, 5.74) is 8.48. The molecule has 1 aliphatic rings. The van der Waals surface area contributed by atoms with E-state index in [0.717, 1.165) is 39.0 Å². The van der Waals surface area contributed by atoms with Crippen molar-refractivity contribution in [1.29, 1.82) is 0 Å². The molecule has 0 saturated carbocycles. The molecule has 6 heteroatoms. The number of aryl methyl sites for hydroxylation is 3. The molecular weight excluding hydrogens is 350 g/mol. The maximum atomic E-state index is 11.3. The maximum Gasteiger partial charge on any atom is 0.407 e. The highest BCUT2D eigenvalue weighted by molar-refractivity contribution is 6.34. The second-order valence-corrected chi connectivity index (χ2v) is 7.24. The molecule has 0 atom stereocenters. The molecule has 3 heterocycles. The van der Waals surface area contributed by atoms with Crippen LogP contribution in [0.15, 0.2) is 18.2 Å². The van der Waals surface area contributed by atoms with Crippen molar-refractivity contribution >= 4 is 28.6 Å². The number of H-pyrrole nitrogens is 1. The maximum absolute atomic E-state index is 11.3. The molecule has 134 valence electrons. The summed E-state index contributed by atoms with van der Waals surface area (Å²) in [7, 11) is 0. The predicted molar refractivity (Wildman–Crippen MR) is 103 cm³/mol. The van der Waals surface area contributed by atoms with Crippen molar-refractivity contribution in [2.45, 2.75) is 33.7 Å². The van der Waals surface area contributed by atoms with Gasteiger partial charge in [-0.15, -0.1) is 0 Å². The topological polar surface area (TPSA) is 69.2 Å². The summed E-state index contributed by atoms with van der Waals surface area (Å²) in [6.45, 7) is 7.04. The quantitative estimate of drug-likeness (QED) is 0.603. The van der Waals surface area contributed by atoms with Gasteiger partial charge in [-0.1, -0.05) is 29.8 Å². The first-order valence-corrected chi connectivity index (χ1v) is 9.00. The van der Waals surface area contributed by atoms with Crippen LogP contribution in [0.5, 0.6) is 0 Å². The summed E-state index contributed by atoms with van der Waals surface area (Å²) in [6, 6.07) is 6.11. The first-order valence-electron chi connectivity index (χ1n) is 8.62. The SMILES string of the molecule is Cc1nc(Cl)c2[nH]c(C)c(C)c2c1-c1cccc2c1CCN(C(=O)O)C2. The minimum Gasteiger partial charge on any atom is -0.465 e. The van der Waals surface area contributed by atoms with E-state index in [4.69, 9.17) is 11.6 Å². The number of rotatable bonds is 1. The number of aromatic nitrogens is 2. The number of amides is 1. The molecule has 0 saturated heterocycles. The third kappa shape index (κ3) is 2.46. The summed E-state index contributed by atoms with van der Waals surface area (Å²) < 4.78 is 0. The van der Waals surface area contributed by atoms with Crippen LogP contribution in [0.2, 0.25) is 5.15 Å². The number of fused-ring (bicyclic) bond motifs is 2. The molecule has 0 unspecified atom stereocenters. The van der Waals surface area contributed by atoms with E-state index in [1.165, 1.54) is 16.0 Å². The highest BCUT2D eigenvalue weighted by Crippen LogP contribution is 2.40. The number of carboxylic acid groups (broad SMARTS) is 1. The molecule has 26 heavy (non-hydrogen) atoms. The monoisotopic (exact) mass is 369 g/mol. The van der Waals surface area contributed by atoms with Crippen molar-refractivity contribution < 1.29 is 9.90 Å². The van der Waals surface area contributed by atoms with Gasteiger partial charge in [0.1, 0.15) is 0 Å². The summed E-state index contributed by atoms with van der Waals surface area (Å²) in [4.78, 5) is 20.7. The van der Waals surface area contributed by atoms with Crippen molar-refractivity contribution in [1.82, 2.24) is 14.9 Å². The van der Waals surface area contributed by atoms with E-state index < -0.39 is 6.09 Å². The summed E-state index contributed by atoms with van der Waals surface area (Å²) in [5, 5.41) is 10.9. The van der Waals surface area contributed by atoms with Crippen molar-refractivity contribution in [2.24, 2.45) is 0 Å². The van der Waals surface area contributed by atoms with Crippen LogP contribution >= 0.6 is 11.6 Å². The van der Waals surface area contributed by atoms with Crippen molar-refractivity contribution in [3.8, 4) is 11.1 Å².